The first-order chi connectivity index (χ1) is 9.19. The van der Waals surface area contributed by atoms with E-state index in [1.807, 2.05) is 37.3 Å². The van der Waals surface area contributed by atoms with E-state index < -0.39 is 13.0 Å². The van der Waals surface area contributed by atoms with E-state index in [1.54, 1.807) is 0 Å². The summed E-state index contributed by atoms with van der Waals surface area (Å²) in [7, 11) is 0. The number of rotatable bonds is 9. The molecule has 0 saturated carbocycles. The molecule has 0 heterocycles. The topological polar surface area (TPSA) is 21.3 Å². The van der Waals surface area contributed by atoms with Crippen LogP contribution in [0, 0.1) is 0 Å². The summed E-state index contributed by atoms with van der Waals surface area (Å²) in [6, 6.07) is 9.82. The second-order valence-electron chi connectivity index (χ2n) is 4.51. The summed E-state index contributed by atoms with van der Waals surface area (Å²) in [6.45, 7) is 4.37. The van der Waals surface area contributed by atoms with Crippen molar-refractivity contribution in [1.29, 1.82) is 0 Å². The van der Waals surface area contributed by atoms with Gasteiger partial charge in [0.1, 0.15) is 6.61 Å². The zero-order valence-electron chi connectivity index (χ0n) is 11.6. The number of nitrogens with one attached hydrogen (secondary N) is 1. The largest absolute Gasteiger partial charge is 0.370 e. The van der Waals surface area contributed by atoms with Gasteiger partial charge in [-0.15, -0.1) is 0 Å². The predicted molar refractivity (Wildman–Crippen MR) is 73.5 cm³/mol. The molecule has 0 aliphatic rings. The number of hydrogen-bond donors (Lipinski definition) is 1. The second kappa shape index (κ2) is 8.99. The third kappa shape index (κ3) is 5.66. The minimum atomic E-state index is -2.42. The summed E-state index contributed by atoms with van der Waals surface area (Å²) in [5, 5.41) is 3.39. The summed E-state index contributed by atoms with van der Waals surface area (Å²) < 4.78 is 30.0. The van der Waals surface area contributed by atoms with Crippen molar-refractivity contribution in [3.05, 3.63) is 35.9 Å². The lowest BCUT2D eigenvalue weighted by Crippen LogP contribution is -2.35. The number of halogens is 2. The molecule has 0 amide bonds. The molecule has 0 saturated heterocycles. The Kier molecular flexibility index (Phi) is 7.60. The van der Waals surface area contributed by atoms with Gasteiger partial charge in [0.25, 0.3) is 6.43 Å². The van der Waals surface area contributed by atoms with Crippen LogP contribution in [0.15, 0.2) is 30.3 Å². The minimum absolute atomic E-state index is 0.0371. The first kappa shape index (κ1) is 16.1. The van der Waals surface area contributed by atoms with Gasteiger partial charge in [-0.1, -0.05) is 44.2 Å². The number of alkyl halides is 2. The van der Waals surface area contributed by atoms with Crippen molar-refractivity contribution in [2.45, 2.75) is 45.3 Å². The van der Waals surface area contributed by atoms with Crippen molar-refractivity contribution in [1.82, 2.24) is 5.32 Å². The Bertz CT molecular complexity index is 332. The van der Waals surface area contributed by atoms with Gasteiger partial charge in [0, 0.05) is 0 Å². The minimum Gasteiger partial charge on any atom is -0.370 e. The molecule has 0 fully saturated rings. The van der Waals surface area contributed by atoms with Crippen LogP contribution in [0.3, 0.4) is 0 Å². The van der Waals surface area contributed by atoms with Gasteiger partial charge in [-0.05, 0) is 24.9 Å². The highest BCUT2D eigenvalue weighted by Gasteiger charge is 2.22. The van der Waals surface area contributed by atoms with Crippen LogP contribution in [0.25, 0.3) is 0 Å². The molecule has 1 aromatic carbocycles. The SMILES string of the molecule is CCCNC(c1ccccc1)C(CC)OCC(F)F. The van der Waals surface area contributed by atoms with Gasteiger partial charge in [-0.25, -0.2) is 8.78 Å². The molecule has 2 unspecified atom stereocenters. The Morgan fingerprint density at radius 2 is 1.84 bits per heavy atom. The van der Waals surface area contributed by atoms with E-state index in [-0.39, 0.29) is 12.1 Å². The van der Waals surface area contributed by atoms with E-state index in [0.29, 0.717) is 6.42 Å². The first-order valence-corrected chi connectivity index (χ1v) is 6.87. The highest BCUT2D eigenvalue weighted by molar-refractivity contribution is 5.20. The van der Waals surface area contributed by atoms with Crippen LogP contribution in [0.1, 0.15) is 38.3 Å². The van der Waals surface area contributed by atoms with Crippen LogP contribution in [0.4, 0.5) is 8.78 Å². The second-order valence-corrected chi connectivity index (χ2v) is 4.51. The highest BCUT2D eigenvalue weighted by Crippen LogP contribution is 2.22. The molecule has 1 N–H and O–H groups in total. The van der Waals surface area contributed by atoms with Crippen LogP contribution in [0.5, 0.6) is 0 Å². The zero-order chi connectivity index (χ0) is 14.1. The molecule has 0 aliphatic heterocycles. The third-order valence-corrected chi connectivity index (χ3v) is 2.98. The van der Waals surface area contributed by atoms with Crippen molar-refractivity contribution in [3.63, 3.8) is 0 Å². The van der Waals surface area contributed by atoms with Crippen molar-refractivity contribution in [3.8, 4) is 0 Å². The lowest BCUT2D eigenvalue weighted by atomic mass is 9.99. The smallest absolute Gasteiger partial charge is 0.261 e. The molecule has 0 bridgehead atoms. The quantitative estimate of drug-likeness (QED) is 0.738. The highest BCUT2D eigenvalue weighted by atomic mass is 19.3. The maximum absolute atomic E-state index is 12.3. The fraction of sp³-hybridized carbons (Fsp3) is 0.600. The molecule has 2 nitrogen and oxygen atoms in total. The van der Waals surface area contributed by atoms with Gasteiger partial charge in [0.2, 0.25) is 0 Å². The molecule has 19 heavy (non-hydrogen) atoms. The maximum atomic E-state index is 12.3. The van der Waals surface area contributed by atoms with Gasteiger partial charge in [-0.2, -0.15) is 0 Å². The molecule has 0 aromatic heterocycles. The first-order valence-electron chi connectivity index (χ1n) is 6.87. The molecule has 0 spiro atoms. The van der Waals surface area contributed by atoms with Gasteiger partial charge in [0.15, 0.2) is 0 Å². The average Bonchev–Trinajstić information content (AvgIpc) is 2.43. The van der Waals surface area contributed by atoms with Crippen LogP contribution >= 0.6 is 0 Å². The van der Waals surface area contributed by atoms with E-state index in [2.05, 4.69) is 12.2 Å². The van der Waals surface area contributed by atoms with Crippen LogP contribution in [-0.2, 0) is 4.74 Å². The van der Waals surface area contributed by atoms with Crippen LogP contribution in [-0.4, -0.2) is 25.7 Å². The normalized spacial score (nSPS) is 14.6. The molecule has 0 aliphatic carbocycles. The van der Waals surface area contributed by atoms with Crippen molar-refractivity contribution >= 4 is 0 Å². The summed E-state index contributed by atoms with van der Waals surface area (Å²) >= 11 is 0. The Balaban J connectivity index is 2.75. The molecule has 2 atom stereocenters. The molecular weight excluding hydrogens is 248 g/mol. The van der Waals surface area contributed by atoms with E-state index in [1.165, 1.54) is 0 Å². The van der Waals surface area contributed by atoms with Gasteiger partial charge < -0.3 is 10.1 Å². The number of ether oxygens (including phenoxy) is 1. The molecule has 0 radical (unpaired) electrons. The van der Waals surface area contributed by atoms with Crippen molar-refractivity contribution < 1.29 is 13.5 Å². The van der Waals surface area contributed by atoms with E-state index in [4.69, 9.17) is 4.74 Å². The molecular formula is C15H23F2NO. The van der Waals surface area contributed by atoms with Gasteiger partial charge in [-0.3, -0.25) is 0 Å². The molecule has 1 aromatic rings. The predicted octanol–water partition coefficient (Wildman–Crippen LogP) is 3.79. The van der Waals surface area contributed by atoms with Gasteiger partial charge >= 0.3 is 0 Å². The Hall–Kier alpha value is -1.00. The van der Waals surface area contributed by atoms with Gasteiger partial charge in [0.05, 0.1) is 12.1 Å². The Morgan fingerprint density at radius 1 is 1.16 bits per heavy atom. The number of benzene rings is 1. The summed E-state index contributed by atoms with van der Waals surface area (Å²) in [5.74, 6) is 0. The molecule has 4 heteroatoms. The van der Waals surface area contributed by atoms with E-state index in [9.17, 15) is 8.78 Å². The monoisotopic (exact) mass is 271 g/mol. The van der Waals surface area contributed by atoms with Crippen LogP contribution in [0.2, 0.25) is 0 Å². The number of hydrogen-bond acceptors (Lipinski definition) is 2. The van der Waals surface area contributed by atoms with Crippen molar-refractivity contribution in [2.75, 3.05) is 13.2 Å². The third-order valence-electron chi connectivity index (χ3n) is 2.98. The molecule has 1 rings (SSSR count). The Labute approximate surface area is 114 Å². The standard InChI is InChI=1S/C15H23F2NO/c1-3-10-18-15(12-8-6-5-7-9-12)13(4-2)19-11-14(16)17/h5-9,13-15,18H,3-4,10-11H2,1-2H3. The summed E-state index contributed by atoms with van der Waals surface area (Å²) in [5.41, 5.74) is 1.08. The summed E-state index contributed by atoms with van der Waals surface area (Å²) in [4.78, 5) is 0. The fourth-order valence-corrected chi connectivity index (χ4v) is 2.07. The van der Waals surface area contributed by atoms with Crippen LogP contribution < -0.4 is 5.32 Å². The average molecular weight is 271 g/mol. The lowest BCUT2D eigenvalue weighted by Gasteiger charge is -2.28. The Morgan fingerprint density at radius 3 is 2.37 bits per heavy atom. The van der Waals surface area contributed by atoms with Crippen molar-refractivity contribution in [2.24, 2.45) is 0 Å². The van der Waals surface area contributed by atoms with E-state index >= 15 is 0 Å². The molecule has 108 valence electrons. The fourth-order valence-electron chi connectivity index (χ4n) is 2.07. The maximum Gasteiger partial charge on any atom is 0.261 e. The summed E-state index contributed by atoms with van der Waals surface area (Å²) in [6.07, 6.45) is -0.961. The lowest BCUT2D eigenvalue weighted by molar-refractivity contribution is -0.0398. The zero-order valence-corrected chi connectivity index (χ0v) is 11.6. The van der Waals surface area contributed by atoms with E-state index in [0.717, 1.165) is 18.5 Å².